The largest absolute Gasteiger partial charge is 0.348 e. The maximum Gasteiger partial charge on any atom is 0.160 e. The van der Waals surface area contributed by atoms with Crippen molar-refractivity contribution in [2.24, 2.45) is 0 Å². The molecule has 0 fully saturated rings. The molecule has 0 saturated carbocycles. The van der Waals surface area contributed by atoms with E-state index in [4.69, 9.17) is 0 Å². The lowest BCUT2D eigenvalue weighted by atomic mass is 10.0. The lowest BCUT2D eigenvalue weighted by Gasteiger charge is -2.21. The molecule has 18 heavy (non-hydrogen) atoms. The predicted molar refractivity (Wildman–Crippen MR) is 65.1 cm³/mol. The molecule has 6 heteroatoms. The Balaban J connectivity index is 1.90. The van der Waals surface area contributed by atoms with Crippen LogP contribution in [0.3, 0.4) is 0 Å². The van der Waals surface area contributed by atoms with Crippen molar-refractivity contribution < 1.29 is 0 Å². The van der Waals surface area contributed by atoms with Gasteiger partial charge in [-0.2, -0.15) is 5.10 Å². The Hall–Kier alpha value is -2.21. The van der Waals surface area contributed by atoms with Gasteiger partial charge in [-0.25, -0.2) is 14.5 Å². The molecule has 3 aromatic heterocycles. The molecule has 6 nitrogen and oxygen atoms in total. The Kier molecular flexibility index (Phi) is 1.98. The standard InChI is InChI=1S/C12H12N6/c1-3-14-12-8(6-17-18(12)5-1)10-11-9(2-4-13-10)15-7-16-11/h1,3,5-7,10,13H,2,4H2,(H,15,16). The Morgan fingerprint density at radius 1 is 1.33 bits per heavy atom. The highest BCUT2D eigenvalue weighted by Gasteiger charge is 2.26. The second-order valence-corrected chi connectivity index (χ2v) is 4.39. The summed E-state index contributed by atoms with van der Waals surface area (Å²) in [5.74, 6) is 0. The van der Waals surface area contributed by atoms with Crippen molar-refractivity contribution in [2.75, 3.05) is 6.54 Å². The minimum absolute atomic E-state index is 0.0763. The minimum atomic E-state index is 0.0763. The van der Waals surface area contributed by atoms with Crippen LogP contribution in [0.25, 0.3) is 5.65 Å². The normalized spacial score (nSPS) is 19.0. The fourth-order valence-corrected chi connectivity index (χ4v) is 2.53. The lowest BCUT2D eigenvalue weighted by Crippen LogP contribution is -2.30. The third-order valence-electron chi connectivity index (χ3n) is 3.37. The number of aromatic amines is 1. The predicted octanol–water partition coefficient (Wildman–Crippen LogP) is 0.687. The van der Waals surface area contributed by atoms with Crippen LogP contribution in [-0.4, -0.2) is 31.1 Å². The summed E-state index contributed by atoms with van der Waals surface area (Å²) >= 11 is 0. The molecule has 0 radical (unpaired) electrons. The Labute approximate surface area is 103 Å². The average molecular weight is 240 g/mol. The molecule has 1 aliphatic rings. The van der Waals surface area contributed by atoms with Crippen molar-refractivity contribution in [1.82, 2.24) is 29.9 Å². The van der Waals surface area contributed by atoms with Crippen molar-refractivity contribution in [3.63, 3.8) is 0 Å². The zero-order valence-corrected chi connectivity index (χ0v) is 9.67. The number of nitrogens with zero attached hydrogens (tertiary/aromatic N) is 4. The minimum Gasteiger partial charge on any atom is -0.348 e. The summed E-state index contributed by atoms with van der Waals surface area (Å²) in [5, 5.41) is 7.81. The van der Waals surface area contributed by atoms with Crippen LogP contribution in [0.1, 0.15) is 23.0 Å². The molecular weight excluding hydrogens is 228 g/mol. The topological polar surface area (TPSA) is 70.9 Å². The summed E-state index contributed by atoms with van der Waals surface area (Å²) in [6.45, 7) is 0.935. The maximum absolute atomic E-state index is 4.42. The van der Waals surface area contributed by atoms with Gasteiger partial charge in [0.05, 0.1) is 24.3 Å². The number of H-pyrrole nitrogens is 1. The summed E-state index contributed by atoms with van der Waals surface area (Å²) in [7, 11) is 0. The third-order valence-corrected chi connectivity index (χ3v) is 3.37. The average Bonchev–Trinajstić information content (AvgIpc) is 3.05. The zero-order valence-electron chi connectivity index (χ0n) is 9.67. The Morgan fingerprint density at radius 2 is 2.33 bits per heavy atom. The van der Waals surface area contributed by atoms with Gasteiger partial charge >= 0.3 is 0 Å². The molecule has 1 aliphatic heterocycles. The van der Waals surface area contributed by atoms with E-state index in [1.165, 1.54) is 5.69 Å². The Morgan fingerprint density at radius 3 is 3.33 bits per heavy atom. The number of imidazole rings is 1. The number of hydrogen-bond donors (Lipinski definition) is 2. The van der Waals surface area contributed by atoms with E-state index in [0.29, 0.717) is 0 Å². The van der Waals surface area contributed by atoms with Gasteiger partial charge in [-0.1, -0.05) is 0 Å². The summed E-state index contributed by atoms with van der Waals surface area (Å²) in [6.07, 6.45) is 8.29. The first kappa shape index (κ1) is 9.78. The fraction of sp³-hybridized carbons (Fsp3) is 0.250. The van der Waals surface area contributed by atoms with E-state index in [1.807, 2.05) is 18.5 Å². The molecule has 0 amide bonds. The van der Waals surface area contributed by atoms with E-state index in [2.05, 4.69) is 25.4 Å². The summed E-state index contributed by atoms with van der Waals surface area (Å²) in [5.41, 5.74) is 4.21. The van der Waals surface area contributed by atoms with Gasteiger partial charge in [0.2, 0.25) is 0 Å². The van der Waals surface area contributed by atoms with Gasteiger partial charge in [0.25, 0.3) is 0 Å². The van der Waals surface area contributed by atoms with Gasteiger partial charge in [-0.05, 0) is 6.07 Å². The highest BCUT2D eigenvalue weighted by Crippen LogP contribution is 2.27. The number of aromatic nitrogens is 5. The van der Waals surface area contributed by atoms with Crippen molar-refractivity contribution in [2.45, 2.75) is 12.5 Å². The zero-order chi connectivity index (χ0) is 11.9. The van der Waals surface area contributed by atoms with Gasteiger partial charge in [0.1, 0.15) is 0 Å². The van der Waals surface area contributed by atoms with Crippen molar-refractivity contribution in [3.05, 3.63) is 47.9 Å². The number of fused-ring (bicyclic) bond motifs is 2. The summed E-state index contributed by atoms with van der Waals surface area (Å²) in [4.78, 5) is 12.0. The molecule has 0 bridgehead atoms. The van der Waals surface area contributed by atoms with E-state index in [9.17, 15) is 0 Å². The highest BCUT2D eigenvalue weighted by atomic mass is 15.2. The summed E-state index contributed by atoms with van der Waals surface area (Å²) in [6, 6.07) is 1.95. The highest BCUT2D eigenvalue weighted by molar-refractivity contribution is 5.51. The molecule has 90 valence electrons. The van der Waals surface area contributed by atoms with E-state index in [-0.39, 0.29) is 6.04 Å². The van der Waals surface area contributed by atoms with Gasteiger partial charge < -0.3 is 10.3 Å². The monoisotopic (exact) mass is 240 g/mol. The number of hydrogen-bond acceptors (Lipinski definition) is 4. The first-order valence-electron chi connectivity index (χ1n) is 5.97. The van der Waals surface area contributed by atoms with E-state index in [1.54, 1.807) is 17.0 Å². The Bertz CT molecular complexity index is 697. The maximum atomic E-state index is 4.42. The van der Waals surface area contributed by atoms with E-state index in [0.717, 1.165) is 29.9 Å². The second-order valence-electron chi connectivity index (χ2n) is 4.39. The molecule has 3 aromatic rings. The van der Waals surface area contributed by atoms with Gasteiger partial charge in [-0.15, -0.1) is 0 Å². The first-order valence-corrected chi connectivity index (χ1v) is 5.97. The van der Waals surface area contributed by atoms with Crippen LogP contribution in [0.15, 0.2) is 31.0 Å². The van der Waals surface area contributed by atoms with Crippen molar-refractivity contribution >= 4 is 5.65 Å². The van der Waals surface area contributed by atoms with Gasteiger partial charge in [0.15, 0.2) is 5.65 Å². The molecule has 1 unspecified atom stereocenters. The van der Waals surface area contributed by atoms with Crippen LogP contribution in [0.5, 0.6) is 0 Å². The van der Waals surface area contributed by atoms with Crippen LogP contribution in [0, 0.1) is 0 Å². The van der Waals surface area contributed by atoms with Crippen molar-refractivity contribution in [1.29, 1.82) is 0 Å². The molecule has 0 aliphatic carbocycles. The lowest BCUT2D eigenvalue weighted by molar-refractivity contribution is 0.555. The molecule has 0 saturated heterocycles. The molecule has 4 rings (SSSR count). The molecule has 0 aromatic carbocycles. The number of nitrogens with one attached hydrogen (secondary N) is 2. The second kappa shape index (κ2) is 3.64. The van der Waals surface area contributed by atoms with Crippen LogP contribution >= 0.6 is 0 Å². The summed E-state index contributed by atoms with van der Waals surface area (Å²) < 4.78 is 1.79. The molecular formula is C12H12N6. The van der Waals surface area contributed by atoms with Gasteiger partial charge in [-0.3, -0.25) is 0 Å². The smallest absolute Gasteiger partial charge is 0.160 e. The van der Waals surface area contributed by atoms with E-state index >= 15 is 0 Å². The molecule has 2 N–H and O–H groups in total. The van der Waals surface area contributed by atoms with Crippen LogP contribution in [-0.2, 0) is 6.42 Å². The molecule has 0 spiro atoms. The van der Waals surface area contributed by atoms with Crippen LogP contribution in [0.2, 0.25) is 0 Å². The van der Waals surface area contributed by atoms with Gasteiger partial charge in [0, 0.05) is 36.6 Å². The SMILES string of the molecule is c1cnc2c(C3NCCc4[nH]cnc43)cnn2c1. The first-order chi connectivity index (χ1) is 8.93. The molecule has 1 atom stereocenters. The quantitative estimate of drug-likeness (QED) is 0.656. The molecule has 4 heterocycles. The van der Waals surface area contributed by atoms with Crippen molar-refractivity contribution in [3.8, 4) is 0 Å². The van der Waals surface area contributed by atoms with Crippen LogP contribution in [0.4, 0.5) is 0 Å². The number of rotatable bonds is 1. The van der Waals surface area contributed by atoms with E-state index < -0.39 is 0 Å². The van der Waals surface area contributed by atoms with Crippen LogP contribution < -0.4 is 5.32 Å². The third kappa shape index (κ3) is 1.29. The fourth-order valence-electron chi connectivity index (χ4n) is 2.53.